The van der Waals surface area contributed by atoms with Gasteiger partial charge in [-0.1, -0.05) is 50.8 Å². The van der Waals surface area contributed by atoms with Gasteiger partial charge in [-0.15, -0.1) is 0 Å². The zero-order chi connectivity index (χ0) is 26.1. The third-order valence-corrected chi connectivity index (χ3v) is 5.95. The Labute approximate surface area is 204 Å². The molecule has 4 atom stereocenters. The first kappa shape index (κ1) is 27.6. The molecule has 10 heteroatoms. The van der Waals surface area contributed by atoms with Gasteiger partial charge >= 0.3 is 5.97 Å². The number of hydrogen-bond donors (Lipinski definition) is 4. The third-order valence-electron chi connectivity index (χ3n) is 5.95. The summed E-state index contributed by atoms with van der Waals surface area (Å²) in [5, 5.41) is 15.1. The zero-order valence-electron chi connectivity index (χ0n) is 20.1. The third kappa shape index (κ3) is 7.94. The molecule has 10 nitrogen and oxygen atoms in total. The number of carbonyl (C=O) groups is 5. The molecule has 35 heavy (non-hydrogen) atoms. The van der Waals surface area contributed by atoms with Gasteiger partial charge in [-0.25, -0.2) is 4.79 Å². The maximum atomic E-state index is 13.6. The van der Waals surface area contributed by atoms with Gasteiger partial charge in [0.05, 0.1) is 0 Å². The summed E-state index contributed by atoms with van der Waals surface area (Å²) in [6.45, 7) is 7.32. The number of rotatable bonds is 12. The molecule has 1 heterocycles. The molecule has 1 saturated heterocycles. The van der Waals surface area contributed by atoms with Crippen molar-refractivity contribution in [2.24, 2.45) is 17.6 Å². The minimum absolute atomic E-state index is 0.0728. The number of amides is 4. The highest BCUT2D eigenvalue weighted by Gasteiger charge is 2.44. The Kier molecular flexibility index (Phi) is 9.98. The lowest BCUT2D eigenvalue weighted by molar-refractivity contribution is -0.151. The number of carboxylic acids is 1. The molecule has 2 rings (SSSR count). The Bertz CT molecular complexity index is 949. The van der Waals surface area contributed by atoms with E-state index in [1.54, 1.807) is 24.3 Å². The van der Waals surface area contributed by atoms with E-state index in [2.05, 4.69) is 17.2 Å². The zero-order valence-corrected chi connectivity index (χ0v) is 20.1. The SMILES string of the molecule is C=CC(=O)N[C@@H](CC(C)C)C(=O)N[C@@H](Cc1ccccc1)C(=O)N1CC[C@@H](CC(N)=O)[C@H]1C(=O)O. The molecular weight excluding hydrogens is 452 g/mol. The second-order valence-electron chi connectivity index (χ2n) is 9.18. The molecule has 0 unspecified atom stereocenters. The highest BCUT2D eigenvalue weighted by atomic mass is 16.4. The first-order chi connectivity index (χ1) is 16.5. The average Bonchev–Trinajstić information content (AvgIpc) is 3.21. The quantitative estimate of drug-likeness (QED) is 0.317. The average molecular weight is 487 g/mol. The molecule has 1 fully saturated rings. The largest absolute Gasteiger partial charge is 0.480 e. The van der Waals surface area contributed by atoms with Crippen molar-refractivity contribution in [2.75, 3.05) is 6.54 Å². The number of aliphatic carboxylic acids is 1. The summed E-state index contributed by atoms with van der Waals surface area (Å²) in [6.07, 6.45) is 1.68. The molecule has 5 N–H and O–H groups in total. The van der Waals surface area contributed by atoms with Crippen molar-refractivity contribution in [2.45, 2.75) is 57.7 Å². The first-order valence-corrected chi connectivity index (χ1v) is 11.6. The van der Waals surface area contributed by atoms with E-state index in [1.165, 1.54) is 4.90 Å². The molecule has 190 valence electrons. The predicted octanol–water partition coefficient (Wildman–Crippen LogP) is 0.608. The van der Waals surface area contributed by atoms with Gasteiger partial charge in [0.2, 0.25) is 23.6 Å². The van der Waals surface area contributed by atoms with Gasteiger partial charge in [0, 0.05) is 25.3 Å². The Morgan fingerprint density at radius 1 is 1.14 bits per heavy atom. The number of likely N-dealkylation sites (tertiary alicyclic amines) is 1. The number of hydrogen-bond acceptors (Lipinski definition) is 5. The molecule has 0 radical (unpaired) electrons. The molecule has 0 saturated carbocycles. The summed E-state index contributed by atoms with van der Waals surface area (Å²) in [5.41, 5.74) is 6.04. The molecule has 1 aliphatic heterocycles. The lowest BCUT2D eigenvalue weighted by Crippen LogP contribution is -2.57. The van der Waals surface area contributed by atoms with Crippen LogP contribution >= 0.6 is 0 Å². The van der Waals surface area contributed by atoms with Crippen LogP contribution in [-0.4, -0.2) is 64.3 Å². The number of nitrogens with two attached hydrogens (primary N) is 1. The Hall–Kier alpha value is -3.69. The van der Waals surface area contributed by atoms with E-state index < -0.39 is 53.6 Å². The summed E-state index contributed by atoms with van der Waals surface area (Å²) < 4.78 is 0. The molecule has 1 aromatic rings. The van der Waals surface area contributed by atoms with Crippen LogP contribution in [0.15, 0.2) is 43.0 Å². The van der Waals surface area contributed by atoms with E-state index in [9.17, 15) is 29.1 Å². The van der Waals surface area contributed by atoms with Crippen molar-refractivity contribution in [1.82, 2.24) is 15.5 Å². The van der Waals surface area contributed by atoms with Crippen LogP contribution in [0.5, 0.6) is 0 Å². The van der Waals surface area contributed by atoms with Crippen LogP contribution in [0.3, 0.4) is 0 Å². The van der Waals surface area contributed by atoms with E-state index in [-0.39, 0.29) is 25.3 Å². The van der Waals surface area contributed by atoms with Crippen LogP contribution in [0.2, 0.25) is 0 Å². The second kappa shape index (κ2) is 12.7. The Morgan fingerprint density at radius 2 is 1.80 bits per heavy atom. The van der Waals surface area contributed by atoms with Gasteiger partial charge in [0.1, 0.15) is 18.1 Å². The molecule has 4 amide bonds. The fourth-order valence-electron chi connectivity index (χ4n) is 4.37. The standard InChI is InChI=1S/C25H34N4O6/c1-4-21(31)27-18(12-15(2)3)23(32)28-19(13-16-8-6-5-7-9-16)24(33)29-11-10-17(14-20(26)30)22(29)25(34)35/h4-9,15,17-19,22H,1,10-14H2,2-3H3,(H2,26,30)(H,27,31)(H,28,32)(H,34,35)/t17-,18-,19-,22-/m0/s1. The molecule has 1 aromatic carbocycles. The van der Waals surface area contributed by atoms with Crippen molar-refractivity contribution < 1.29 is 29.1 Å². The fraction of sp³-hybridized carbons (Fsp3) is 0.480. The topological polar surface area (TPSA) is 159 Å². The number of carboxylic acid groups (broad SMARTS) is 1. The summed E-state index contributed by atoms with van der Waals surface area (Å²) >= 11 is 0. The molecular formula is C25H34N4O6. The van der Waals surface area contributed by atoms with Crippen LogP contribution in [0.4, 0.5) is 0 Å². The number of primary amides is 1. The van der Waals surface area contributed by atoms with Crippen molar-refractivity contribution in [3.05, 3.63) is 48.6 Å². The van der Waals surface area contributed by atoms with Crippen molar-refractivity contribution in [3.8, 4) is 0 Å². The normalized spacial score (nSPS) is 19.0. The maximum Gasteiger partial charge on any atom is 0.326 e. The van der Waals surface area contributed by atoms with Gasteiger partial charge in [0.25, 0.3) is 0 Å². The maximum absolute atomic E-state index is 13.6. The van der Waals surface area contributed by atoms with Gasteiger partial charge < -0.3 is 26.4 Å². The Morgan fingerprint density at radius 3 is 2.34 bits per heavy atom. The van der Waals surface area contributed by atoms with Gasteiger partial charge in [-0.2, -0.15) is 0 Å². The van der Waals surface area contributed by atoms with Crippen LogP contribution in [0.25, 0.3) is 0 Å². The second-order valence-corrected chi connectivity index (χ2v) is 9.18. The fourth-order valence-corrected chi connectivity index (χ4v) is 4.37. The molecule has 1 aliphatic rings. The minimum atomic E-state index is -1.23. The monoisotopic (exact) mass is 486 g/mol. The molecule has 0 aliphatic carbocycles. The summed E-state index contributed by atoms with van der Waals surface area (Å²) in [7, 11) is 0. The van der Waals surface area contributed by atoms with Crippen LogP contribution in [0, 0.1) is 11.8 Å². The van der Waals surface area contributed by atoms with Gasteiger partial charge in [0.15, 0.2) is 0 Å². The van der Waals surface area contributed by atoms with Crippen LogP contribution in [0.1, 0.15) is 38.7 Å². The minimum Gasteiger partial charge on any atom is -0.480 e. The van der Waals surface area contributed by atoms with Crippen molar-refractivity contribution in [1.29, 1.82) is 0 Å². The smallest absolute Gasteiger partial charge is 0.326 e. The van der Waals surface area contributed by atoms with Crippen LogP contribution < -0.4 is 16.4 Å². The highest BCUT2D eigenvalue weighted by molar-refractivity contribution is 5.95. The molecule has 0 aromatic heterocycles. The van der Waals surface area contributed by atoms with Crippen molar-refractivity contribution in [3.63, 3.8) is 0 Å². The van der Waals surface area contributed by atoms with E-state index in [4.69, 9.17) is 5.73 Å². The van der Waals surface area contributed by atoms with Gasteiger partial charge in [-0.05, 0) is 30.4 Å². The van der Waals surface area contributed by atoms with Gasteiger partial charge in [-0.3, -0.25) is 19.2 Å². The van der Waals surface area contributed by atoms with E-state index in [1.807, 2.05) is 19.9 Å². The summed E-state index contributed by atoms with van der Waals surface area (Å²) in [4.78, 5) is 63.3. The number of nitrogens with one attached hydrogen (secondary N) is 2. The van der Waals surface area contributed by atoms with E-state index >= 15 is 0 Å². The lowest BCUT2D eigenvalue weighted by atomic mass is 9.95. The number of carbonyl (C=O) groups excluding carboxylic acids is 4. The Balaban J connectivity index is 2.32. The summed E-state index contributed by atoms with van der Waals surface area (Å²) in [5.74, 6) is -4.05. The van der Waals surface area contributed by atoms with E-state index in [0.717, 1.165) is 11.6 Å². The lowest BCUT2D eigenvalue weighted by Gasteiger charge is -2.30. The van der Waals surface area contributed by atoms with E-state index in [0.29, 0.717) is 12.8 Å². The summed E-state index contributed by atoms with van der Waals surface area (Å²) in [6, 6.07) is 5.80. The number of benzene rings is 1. The molecule has 0 spiro atoms. The van der Waals surface area contributed by atoms with Crippen molar-refractivity contribution >= 4 is 29.6 Å². The number of nitrogens with zero attached hydrogens (tertiary/aromatic N) is 1. The highest BCUT2D eigenvalue weighted by Crippen LogP contribution is 2.28. The van der Waals surface area contributed by atoms with Crippen LogP contribution in [-0.2, 0) is 30.4 Å². The molecule has 0 bridgehead atoms. The first-order valence-electron chi connectivity index (χ1n) is 11.6. The predicted molar refractivity (Wildman–Crippen MR) is 129 cm³/mol.